The number of methoxy groups -OCH3 is 1. The SMILES string of the molecule is COc1cccc(-n2nnc(C(=O)N3CCn4ncc(CO)c4C3)c2C)c1. The van der Waals surface area contributed by atoms with E-state index in [4.69, 9.17) is 4.74 Å². The van der Waals surface area contributed by atoms with Crippen LogP contribution in [0.15, 0.2) is 30.5 Å². The Hall–Kier alpha value is -3.20. The van der Waals surface area contributed by atoms with E-state index in [2.05, 4.69) is 15.4 Å². The third kappa shape index (κ3) is 2.95. The number of nitrogens with zero attached hydrogens (tertiary/aromatic N) is 6. The van der Waals surface area contributed by atoms with Crippen molar-refractivity contribution in [1.29, 1.82) is 0 Å². The van der Waals surface area contributed by atoms with Crippen LogP contribution in [-0.4, -0.2) is 54.3 Å². The van der Waals surface area contributed by atoms with Gasteiger partial charge in [-0.15, -0.1) is 5.10 Å². The molecule has 3 aromatic rings. The fourth-order valence-electron chi connectivity index (χ4n) is 3.27. The number of aromatic nitrogens is 5. The maximum Gasteiger partial charge on any atom is 0.276 e. The first-order valence-corrected chi connectivity index (χ1v) is 8.62. The molecule has 140 valence electrons. The second kappa shape index (κ2) is 6.84. The number of amides is 1. The lowest BCUT2D eigenvalue weighted by atomic mass is 10.2. The lowest BCUT2D eigenvalue weighted by Crippen LogP contribution is -2.39. The lowest BCUT2D eigenvalue weighted by Gasteiger charge is -2.27. The van der Waals surface area contributed by atoms with E-state index in [1.54, 1.807) is 22.9 Å². The third-order valence-corrected chi connectivity index (χ3v) is 4.81. The van der Waals surface area contributed by atoms with Gasteiger partial charge in [-0.1, -0.05) is 11.3 Å². The summed E-state index contributed by atoms with van der Waals surface area (Å²) in [5.74, 6) is 0.522. The summed E-state index contributed by atoms with van der Waals surface area (Å²) in [7, 11) is 1.60. The summed E-state index contributed by atoms with van der Waals surface area (Å²) in [6.07, 6.45) is 1.65. The first-order chi connectivity index (χ1) is 13.1. The zero-order chi connectivity index (χ0) is 19.0. The molecule has 1 aromatic carbocycles. The van der Waals surface area contributed by atoms with Crippen molar-refractivity contribution >= 4 is 5.91 Å². The van der Waals surface area contributed by atoms with Gasteiger partial charge < -0.3 is 14.7 Å². The molecule has 1 N–H and O–H groups in total. The molecule has 3 heterocycles. The monoisotopic (exact) mass is 368 g/mol. The van der Waals surface area contributed by atoms with Crippen molar-refractivity contribution in [1.82, 2.24) is 29.7 Å². The highest BCUT2D eigenvalue weighted by Crippen LogP contribution is 2.21. The Morgan fingerprint density at radius 1 is 1.33 bits per heavy atom. The highest BCUT2D eigenvalue weighted by Gasteiger charge is 2.28. The van der Waals surface area contributed by atoms with Gasteiger partial charge in [-0.05, 0) is 19.1 Å². The molecule has 0 atom stereocenters. The fraction of sp³-hybridized carbons (Fsp3) is 0.333. The van der Waals surface area contributed by atoms with Crippen molar-refractivity contribution in [2.75, 3.05) is 13.7 Å². The minimum atomic E-state index is -0.182. The van der Waals surface area contributed by atoms with Gasteiger partial charge in [0.2, 0.25) is 0 Å². The number of rotatable bonds is 4. The van der Waals surface area contributed by atoms with Gasteiger partial charge in [-0.2, -0.15) is 5.10 Å². The highest BCUT2D eigenvalue weighted by molar-refractivity contribution is 5.93. The Bertz CT molecular complexity index is 979. The fourth-order valence-corrected chi connectivity index (χ4v) is 3.27. The number of carbonyl (C=O) groups excluding carboxylic acids is 1. The van der Waals surface area contributed by atoms with Crippen LogP contribution in [-0.2, 0) is 19.7 Å². The molecular weight excluding hydrogens is 348 g/mol. The van der Waals surface area contributed by atoms with Crippen LogP contribution in [0.2, 0.25) is 0 Å². The normalized spacial score (nSPS) is 13.5. The summed E-state index contributed by atoms with van der Waals surface area (Å²) in [6, 6.07) is 7.42. The molecule has 1 amide bonds. The number of ether oxygens (including phenoxy) is 1. The number of aliphatic hydroxyl groups is 1. The Labute approximate surface area is 155 Å². The minimum absolute atomic E-state index is 0.0948. The number of benzene rings is 1. The zero-order valence-electron chi connectivity index (χ0n) is 15.2. The summed E-state index contributed by atoms with van der Waals surface area (Å²) in [6.45, 7) is 3.23. The molecule has 0 unspecified atom stereocenters. The summed E-state index contributed by atoms with van der Waals surface area (Å²) >= 11 is 0. The molecule has 0 spiro atoms. The first kappa shape index (κ1) is 17.2. The van der Waals surface area contributed by atoms with E-state index >= 15 is 0 Å². The molecule has 0 radical (unpaired) electrons. The highest BCUT2D eigenvalue weighted by atomic mass is 16.5. The van der Waals surface area contributed by atoms with Crippen LogP contribution in [0.1, 0.15) is 27.4 Å². The Morgan fingerprint density at radius 3 is 2.96 bits per heavy atom. The topological polar surface area (TPSA) is 98.3 Å². The molecule has 27 heavy (non-hydrogen) atoms. The molecule has 4 rings (SSSR count). The van der Waals surface area contributed by atoms with Gasteiger partial charge in [0.05, 0.1) is 50.1 Å². The van der Waals surface area contributed by atoms with Gasteiger partial charge in [0, 0.05) is 18.2 Å². The second-order valence-corrected chi connectivity index (χ2v) is 6.36. The van der Waals surface area contributed by atoms with Crippen LogP contribution < -0.4 is 4.74 Å². The Kier molecular flexibility index (Phi) is 4.36. The van der Waals surface area contributed by atoms with Crippen molar-refractivity contribution in [3.63, 3.8) is 0 Å². The van der Waals surface area contributed by atoms with E-state index in [-0.39, 0.29) is 12.5 Å². The Morgan fingerprint density at radius 2 is 2.19 bits per heavy atom. The molecular formula is C18H20N6O3. The lowest BCUT2D eigenvalue weighted by molar-refractivity contribution is 0.0697. The van der Waals surface area contributed by atoms with Gasteiger partial charge >= 0.3 is 0 Å². The van der Waals surface area contributed by atoms with E-state index in [0.717, 1.165) is 16.9 Å². The number of hydrogen-bond acceptors (Lipinski definition) is 6. The third-order valence-electron chi connectivity index (χ3n) is 4.81. The molecule has 1 aliphatic heterocycles. The summed E-state index contributed by atoms with van der Waals surface area (Å²) in [5, 5.41) is 22.0. The smallest absolute Gasteiger partial charge is 0.276 e. The van der Waals surface area contributed by atoms with Crippen LogP contribution in [0, 0.1) is 6.92 Å². The van der Waals surface area contributed by atoms with E-state index in [1.165, 1.54) is 0 Å². The van der Waals surface area contributed by atoms with Crippen LogP contribution in [0.4, 0.5) is 0 Å². The van der Waals surface area contributed by atoms with Crippen molar-refractivity contribution in [2.45, 2.75) is 26.6 Å². The largest absolute Gasteiger partial charge is 0.497 e. The standard InChI is InChI=1S/C18H20N6O3/c1-12-17(20-21-24(12)14-4-3-5-15(8-14)27-2)18(26)22-6-7-23-16(10-22)13(11-25)9-19-23/h3-5,8-9,25H,6-7,10-11H2,1-2H3. The van der Waals surface area contributed by atoms with Crippen molar-refractivity contribution in [3.05, 3.63) is 53.1 Å². The first-order valence-electron chi connectivity index (χ1n) is 8.62. The van der Waals surface area contributed by atoms with Crippen molar-refractivity contribution < 1.29 is 14.6 Å². The van der Waals surface area contributed by atoms with Gasteiger partial charge in [0.25, 0.3) is 5.91 Å². The summed E-state index contributed by atoms with van der Waals surface area (Å²) in [4.78, 5) is 14.7. The van der Waals surface area contributed by atoms with Gasteiger partial charge in [-0.3, -0.25) is 9.48 Å². The quantitative estimate of drug-likeness (QED) is 0.736. The zero-order valence-corrected chi connectivity index (χ0v) is 15.2. The molecule has 9 heteroatoms. The Balaban J connectivity index is 1.61. The van der Waals surface area contributed by atoms with E-state index in [9.17, 15) is 9.90 Å². The summed E-state index contributed by atoms with van der Waals surface area (Å²) < 4.78 is 8.70. The van der Waals surface area contributed by atoms with Crippen LogP contribution in [0.5, 0.6) is 5.75 Å². The van der Waals surface area contributed by atoms with Gasteiger partial charge in [0.15, 0.2) is 5.69 Å². The van der Waals surface area contributed by atoms with Gasteiger partial charge in [0.1, 0.15) is 5.75 Å². The minimum Gasteiger partial charge on any atom is -0.497 e. The number of carbonyl (C=O) groups is 1. The molecule has 2 aromatic heterocycles. The van der Waals surface area contributed by atoms with Crippen molar-refractivity contribution in [3.8, 4) is 11.4 Å². The van der Waals surface area contributed by atoms with Crippen LogP contribution in [0.3, 0.4) is 0 Å². The van der Waals surface area contributed by atoms with E-state index in [1.807, 2.05) is 35.9 Å². The van der Waals surface area contributed by atoms with E-state index in [0.29, 0.717) is 36.8 Å². The average Bonchev–Trinajstić information content (AvgIpc) is 3.30. The maximum atomic E-state index is 13.0. The number of aliphatic hydroxyl groups excluding tert-OH is 1. The predicted molar refractivity (Wildman–Crippen MR) is 95.5 cm³/mol. The molecule has 0 saturated carbocycles. The average molecular weight is 368 g/mol. The van der Waals surface area contributed by atoms with Crippen LogP contribution >= 0.6 is 0 Å². The second-order valence-electron chi connectivity index (χ2n) is 6.36. The molecule has 1 aliphatic rings. The van der Waals surface area contributed by atoms with Crippen molar-refractivity contribution in [2.24, 2.45) is 0 Å². The van der Waals surface area contributed by atoms with Crippen LogP contribution in [0.25, 0.3) is 5.69 Å². The maximum absolute atomic E-state index is 13.0. The number of hydrogen-bond donors (Lipinski definition) is 1. The molecule has 9 nitrogen and oxygen atoms in total. The summed E-state index contributed by atoms with van der Waals surface area (Å²) in [5.41, 5.74) is 3.35. The molecule has 0 fully saturated rings. The van der Waals surface area contributed by atoms with Gasteiger partial charge in [-0.25, -0.2) is 4.68 Å². The molecule has 0 bridgehead atoms. The molecule has 0 saturated heterocycles. The van der Waals surface area contributed by atoms with E-state index < -0.39 is 0 Å². The molecule has 0 aliphatic carbocycles. The predicted octanol–water partition coefficient (Wildman–Crippen LogP) is 0.929. The number of fused-ring (bicyclic) bond motifs is 1.